The second-order valence-electron chi connectivity index (χ2n) is 6.31. The van der Waals surface area contributed by atoms with Gasteiger partial charge in [-0.1, -0.05) is 53.6 Å². The first-order valence-electron chi connectivity index (χ1n) is 8.99. The maximum absolute atomic E-state index is 12.8. The number of benzene rings is 2. The van der Waals surface area contributed by atoms with Crippen molar-refractivity contribution in [3.05, 3.63) is 63.6 Å². The van der Waals surface area contributed by atoms with E-state index < -0.39 is 22.0 Å². The minimum Gasteiger partial charge on any atom is -0.497 e. The van der Waals surface area contributed by atoms with Gasteiger partial charge in [0.2, 0.25) is 9.47 Å². The highest BCUT2D eigenvalue weighted by atomic mass is 35.5. The van der Waals surface area contributed by atoms with E-state index in [9.17, 15) is 13.2 Å². The maximum atomic E-state index is 12.8. The zero-order valence-corrected chi connectivity index (χ0v) is 19.6. The molecule has 1 atom stereocenters. The van der Waals surface area contributed by atoms with E-state index in [4.69, 9.17) is 27.9 Å². The Morgan fingerprint density at radius 2 is 1.87 bits per heavy atom. The topological polar surface area (TPSA) is 110 Å². The molecular weight excluding hydrogens is 483 g/mol. The molecule has 0 saturated heterocycles. The number of amides is 1. The molecule has 2 N–H and O–H groups in total. The number of rotatable bonds is 8. The number of nitrogens with zero attached hydrogens (tertiary/aromatic N) is 2. The lowest BCUT2D eigenvalue weighted by molar-refractivity contribution is 0.102. The molecule has 0 radical (unpaired) electrons. The molecule has 8 nitrogen and oxygen atoms in total. The number of nitrogens with one attached hydrogen (secondary N) is 2. The van der Waals surface area contributed by atoms with E-state index in [1.165, 1.54) is 18.2 Å². The van der Waals surface area contributed by atoms with Crippen LogP contribution in [0.4, 0.5) is 5.13 Å². The lowest BCUT2D eigenvalue weighted by Crippen LogP contribution is -2.28. The van der Waals surface area contributed by atoms with Gasteiger partial charge in [-0.15, -0.1) is 10.2 Å². The molecule has 0 unspecified atom stereocenters. The van der Waals surface area contributed by atoms with Crippen LogP contribution in [-0.4, -0.2) is 31.6 Å². The SMILES string of the molecule is CC[C@H](NS(=O)(=O)c1nnc(NC(=O)c2ccc(Cl)cc2Cl)s1)c1ccc(OC)cc1. The largest absolute Gasteiger partial charge is 0.497 e. The van der Waals surface area contributed by atoms with Gasteiger partial charge in [0.15, 0.2) is 0 Å². The van der Waals surface area contributed by atoms with Crippen LogP contribution < -0.4 is 14.8 Å². The first-order valence-corrected chi connectivity index (χ1v) is 12.0. The molecular formula is C19H18Cl2N4O4S2. The third-order valence-electron chi connectivity index (χ3n) is 4.26. The molecule has 1 heterocycles. The van der Waals surface area contributed by atoms with Crippen LogP contribution in [0.1, 0.15) is 35.3 Å². The summed E-state index contributed by atoms with van der Waals surface area (Å²) in [6, 6.07) is 11.0. The zero-order valence-electron chi connectivity index (χ0n) is 16.4. The number of hydrogen-bond donors (Lipinski definition) is 2. The van der Waals surface area contributed by atoms with Gasteiger partial charge in [0, 0.05) is 11.1 Å². The summed E-state index contributed by atoms with van der Waals surface area (Å²) in [4.78, 5) is 12.4. The summed E-state index contributed by atoms with van der Waals surface area (Å²) in [5.41, 5.74) is 0.955. The van der Waals surface area contributed by atoms with Gasteiger partial charge in [-0.2, -0.15) is 0 Å². The van der Waals surface area contributed by atoms with Crippen LogP contribution in [-0.2, 0) is 10.0 Å². The second kappa shape index (κ2) is 9.92. The Balaban J connectivity index is 1.74. The fourth-order valence-electron chi connectivity index (χ4n) is 2.67. The number of carbonyl (C=O) groups excluding carboxylic acids is 1. The van der Waals surface area contributed by atoms with Crippen LogP contribution in [0.2, 0.25) is 10.0 Å². The Labute approximate surface area is 193 Å². The quantitative estimate of drug-likeness (QED) is 0.439. The standard InChI is InChI=1S/C19H18Cl2N4O4S2/c1-3-16(11-4-7-13(29-2)8-5-11)25-31(27,28)19-24-23-18(30-19)22-17(26)14-9-6-12(20)10-15(14)21/h4-10,16,25H,3H2,1-2H3,(H,22,23,26)/t16-/m0/s1. The average Bonchev–Trinajstić information content (AvgIpc) is 3.21. The highest BCUT2D eigenvalue weighted by Crippen LogP contribution is 2.26. The van der Waals surface area contributed by atoms with Crippen LogP contribution >= 0.6 is 34.5 Å². The van der Waals surface area contributed by atoms with Crippen molar-refractivity contribution >= 4 is 55.6 Å². The minimum atomic E-state index is -3.96. The zero-order chi connectivity index (χ0) is 22.6. The summed E-state index contributed by atoms with van der Waals surface area (Å²) >= 11 is 12.6. The van der Waals surface area contributed by atoms with E-state index in [0.29, 0.717) is 17.2 Å². The third kappa shape index (κ3) is 5.72. The third-order valence-corrected chi connectivity index (χ3v) is 7.48. The van der Waals surface area contributed by atoms with E-state index in [0.717, 1.165) is 16.9 Å². The number of halogens is 2. The summed E-state index contributed by atoms with van der Waals surface area (Å²) < 4.78 is 33.0. The molecule has 0 saturated carbocycles. The molecule has 0 aliphatic carbocycles. The fraction of sp³-hybridized carbons (Fsp3) is 0.211. The highest BCUT2D eigenvalue weighted by molar-refractivity contribution is 7.91. The molecule has 1 amide bonds. The Morgan fingerprint density at radius 1 is 1.16 bits per heavy atom. The molecule has 3 aromatic rings. The summed E-state index contributed by atoms with van der Waals surface area (Å²) in [5, 5.41) is 10.5. The second-order valence-corrected chi connectivity index (χ2v) is 10.0. The van der Waals surface area contributed by atoms with Crippen molar-refractivity contribution in [2.45, 2.75) is 23.7 Å². The molecule has 3 rings (SSSR count). The molecule has 31 heavy (non-hydrogen) atoms. The van der Waals surface area contributed by atoms with Crippen LogP contribution in [0.3, 0.4) is 0 Å². The Kier molecular flexibility index (Phi) is 7.50. The van der Waals surface area contributed by atoms with Crippen molar-refractivity contribution in [3.8, 4) is 5.75 Å². The van der Waals surface area contributed by atoms with Crippen molar-refractivity contribution in [1.82, 2.24) is 14.9 Å². The van der Waals surface area contributed by atoms with Crippen LogP contribution in [0, 0.1) is 0 Å². The van der Waals surface area contributed by atoms with Gasteiger partial charge in [-0.25, -0.2) is 13.1 Å². The molecule has 0 spiro atoms. The van der Waals surface area contributed by atoms with Gasteiger partial charge >= 0.3 is 0 Å². The molecule has 0 bridgehead atoms. The average molecular weight is 501 g/mol. The lowest BCUT2D eigenvalue weighted by atomic mass is 10.1. The predicted molar refractivity (Wildman–Crippen MR) is 121 cm³/mol. The highest BCUT2D eigenvalue weighted by Gasteiger charge is 2.25. The molecule has 164 valence electrons. The van der Waals surface area contributed by atoms with Crippen molar-refractivity contribution in [2.24, 2.45) is 0 Å². The summed E-state index contributed by atoms with van der Waals surface area (Å²) in [6.07, 6.45) is 0.517. The summed E-state index contributed by atoms with van der Waals surface area (Å²) in [5.74, 6) is 0.117. The summed E-state index contributed by atoms with van der Waals surface area (Å²) in [7, 11) is -2.40. The van der Waals surface area contributed by atoms with Crippen molar-refractivity contribution in [3.63, 3.8) is 0 Å². The fourth-order valence-corrected chi connectivity index (χ4v) is 5.38. The van der Waals surface area contributed by atoms with Crippen molar-refractivity contribution in [2.75, 3.05) is 12.4 Å². The predicted octanol–water partition coefficient (Wildman–Crippen LogP) is 4.54. The molecule has 0 aliphatic rings. The lowest BCUT2D eigenvalue weighted by Gasteiger charge is -2.16. The number of methoxy groups -OCH3 is 1. The van der Waals surface area contributed by atoms with Gasteiger partial charge in [0.1, 0.15) is 5.75 Å². The van der Waals surface area contributed by atoms with E-state index >= 15 is 0 Å². The number of hydrogen-bond acceptors (Lipinski definition) is 7. The first-order chi connectivity index (χ1) is 14.7. The summed E-state index contributed by atoms with van der Waals surface area (Å²) in [6.45, 7) is 1.86. The number of aromatic nitrogens is 2. The maximum Gasteiger partial charge on any atom is 0.270 e. The molecule has 12 heteroatoms. The van der Waals surface area contributed by atoms with E-state index in [2.05, 4.69) is 20.2 Å². The van der Waals surface area contributed by atoms with Gasteiger partial charge in [-0.05, 0) is 42.3 Å². The van der Waals surface area contributed by atoms with E-state index in [-0.39, 0.29) is 20.1 Å². The molecule has 0 aliphatic heterocycles. The van der Waals surface area contributed by atoms with Gasteiger partial charge in [0.25, 0.3) is 15.9 Å². The molecule has 2 aromatic carbocycles. The molecule has 0 fully saturated rings. The van der Waals surface area contributed by atoms with Crippen molar-refractivity contribution in [1.29, 1.82) is 0 Å². The Hall–Kier alpha value is -2.24. The monoisotopic (exact) mass is 500 g/mol. The number of anilines is 1. The van der Waals surface area contributed by atoms with E-state index in [1.54, 1.807) is 31.4 Å². The minimum absolute atomic E-state index is 0.0221. The number of carbonyl (C=O) groups is 1. The normalized spacial score (nSPS) is 12.4. The number of ether oxygens (including phenoxy) is 1. The Morgan fingerprint density at radius 3 is 2.48 bits per heavy atom. The van der Waals surface area contributed by atoms with E-state index in [1.807, 2.05) is 6.92 Å². The van der Waals surface area contributed by atoms with Crippen molar-refractivity contribution < 1.29 is 17.9 Å². The Bertz CT molecular complexity index is 1180. The molecule has 1 aromatic heterocycles. The van der Waals surface area contributed by atoms with Crippen LogP contribution in [0.15, 0.2) is 46.8 Å². The first kappa shape index (κ1) is 23.4. The number of sulfonamides is 1. The van der Waals surface area contributed by atoms with Gasteiger partial charge in [0.05, 0.1) is 17.7 Å². The van der Waals surface area contributed by atoms with Crippen LogP contribution in [0.25, 0.3) is 0 Å². The smallest absolute Gasteiger partial charge is 0.270 e. The van der Waals surface area contributed by atoms with Crippen LogP contribution in [0.5, 0.6) is 5.75 Å². The van der Waals surface area contributed by atoms with Gasteiger partial charge < -0.3 is 4.74 Å². The van der Waals surface area contributed by atoms with Gasteiger partial charge in [-0.3, -0.25) is 10.1 Å².